The smallest absolute Gasteiger partial charge is 0.319 e. The van der Waals surface area contributed by atoms with Gasteiger partial charge in [-0.15, -0.1) is 0 Å². The van der Waals surface area contributed by atoms with Crippen LogP contribution >= 0.6 is 15.9 Å². The molecule has 0 radical (unpaired) electrons. The fourth-order valence-electron chi connectivity index (χ4n) is 2.06. The highest BCUT2D eigenvalue weighted by molar-refractivity contribution is 9.10. The van der Waals surface area contributed by atoms with Crippen LogP contribution < -0.4 is 15.4 Å². The fraction of sp³-hybridized carbons (Fsp3) is 0.235. The van der Waals surface area contributed by atoms with Crippen molar-refractivity contribution in [2.24, 2.45) is 0 Å². The SMILES string of the molecule is Cc1cccc(C)c1NC(=O)NCCOc1ccccc1Br. The van der Waals surface area contributed by atoms with Crippen molar-refractivity contribution >= 4 is 27.6 Å². The fourth-order valence-corrected chi connectivity index (χ4v) is 2.46. The maximum atomic E-state index is 11.9. The molecule has 0 saturated heterocycles. The molecule has 0 fully saturated rings. The molecule has 116 valence electrons. The second-order valence-corrected chi connectivity index (χ2v) is 5.78. The molecular weight excluding hydrogens is 344 g/mol. The topological polar surface area (TPSA) is 50.4 Å². The van der Waals surface area contributed by atoms with Gasteiger partial charge in [0, 0.05) is 5.69 Å². The predicted octanol–water partition coefficient (Wildman–Crippen LogP) is 4.27. The van der Waals surface area contributed by atoms with E-state index >= 15 is 0 Å². The number of aryl methyl sites for hydroxylation is 2. The molecule has 22 heavy (non-hydrogen) atoms. The van der Waals surface area contributed by atoms with Gasteiger partial charge in [-0.05, 0) is 53.0 Å². The number of rotatable bonds is 5. The van der Waals surface area contributed by atoms with E-state index in [0.29, 0.717) is 13.2 Å². The third-order valence-electron chi connectivity index (χ3n) is 3.20. The maximum Gasteiger partial charge on any atom is 0.319 e. The van der Waals surface area contributed by atoms with Gasteiger partial charge < -0.3 is 15.4 Å². The van der Waals surface area contributed by atoms with E-state index in [9.17, 15) is 4.79 Å². The van der Waals surface area contributed by atoms with E-state index < -0.39 is 0 Å². The number of anilines is 1. The Morgan fingerprint density at radius 2 is 1.77 bits per heavy atom. The molecule has 2 amide bonds. The third-order valence-corrected chi connectivity index (χ3v) is 3.86. The molecule has 5 heteroatoms. The van der Waals surface area contributed by atoms with Crippen LogP contribution in [0.15, 0.2) is 46.9 Å². The van der Waals surface area contributed by atoms with Crippen molar-refractivity contribution in [2.75, 3.05) is 18.5 Å². The average molecular weight is 363 g/mol. The molecule has 0 aliphatic carbocycles. The van der Waals surface area contributed by atoms with Crippen LogP contribution in [0.2, 0.25) is 0 Å². The largest absolute Gasteiger partial charge is 0.491 e. The summed E-state index contributed by atoms with van der Waals surface area (Å²) in [6.07, 6.45) is 0. The third kappa shape index (κ3) is 4.49. The van der Waals surface area contributed by atoms with Gasteiger partial charge in [0.15, 0.2) is 0 Å². The molecule has 0 aliphatic rings. The summed E-state index contributed by atoms with van der Waals surface area (Å²) in [6.45, 7) is 4.78. The highest BCUT2D eigenvalue weighted by atomic mass is 79.9. The average Bonchev–Trinajstić information content (AvgIpc) is 2.49. The number of carbonyl (C=O) groups excluding carboxylic acids is 1. The van der Waals surface area contributed by atoms with Gasteiger partial charge >= 0.3 is 6.03 Å². The van der Waals surface area contributed by atoms with E-state index in [0.717, 1.165) is 27.0 Å². The van der Waals surface area contributed by atoms with Gasteiger partial charge in [0.05, 0.1) is 11.0 Å². The molecule has 2 aromatic rings. The highest BCUT2D eigenvalue weighted by Gasteiger charge is 2.06. The van der Waals surface area contributed by atoms with Crippen LogP contribution in [0, 0.1) is 13.8 Å². The Kier molecular flexibility index (Phi) is 5.83. The van der Waals surface area contributed by atoms with Crippen LogP contribution in [-0.4, -0.2) is 19.2 Å². The van der Waals surface area contributed by atoms with Crippen LogP contribution in [0.1, 0.15) is 11.1 Å². The first kappa shape index (κ1) is 16.4. The Labute approximate surface area is 139 Å². The number of hydrogen-bond acceptors (Lipinski definition) is 2. The molecule has 0 atom stereocenters. The maximum absolute atomic E-state index is 11.9. The minimum atomic E-state index is -0.229. The zero-order valence-corrected chi connectivity index (χ0v) is 14.2. The number of urea groups is 1. The summed E-state index contributed by atoms with van der Waals surface area (Å²) in [5.41, 5.74) is 2.94. The minimum Gasteiger partial charge on any atom is -0.491 e. The summed E-state index contributed by atoms with van der Waals surface area (Å²) in [5.74, 6) is 0.763. The number of carbonyl (C=O) groups is 1. The van der Waals surface area contributed by atoms with Crippen LogP contribution in [0.3, 0.4) is 0 Å². The molecule has 0 aromatic heterocycles. The van der Waals surface area contributed by atoms with Crippen molar-refractivity contribution in [1.29, 1.82) is 0 Å². The van der Waals surface area contributed by atoms with Crippen LogP contribution in [-0.2, 0) is 0 Å². The summed E-state index contributed by atoms with van der Waals surface area (Å²) in [6, 6.07) is 13.3. The van der Waals surface area contributed by atoms with E-state index in [2.05, 4.69) is 26.6 Å². The Morgan fingerprint density at radius 3 is 2.45 bits per heavy atom. The van der Waals surface area contributed by atoms with Crippen molar-refractivity contribution in [2.45, 2.75) is 13.8 Å². The van der Waals surface area contributed by atoms with E-state index in [-0.39, 0.29) is 6.03 Å². The molecule has 2 N–H and O–H groups in total. The summed E-state index contributed by atoms with van der Waals surface area (Å²) in [5, 5.41) is 5.66. The number of hydrogen-bond donors (Lipinski definition) is 2. The van der Waals surface area contributed by atoms with Crippen LogP contribution in [0.25, 0.3) is 0 Å². The molecular formula is C17H19BrN2O2. The second kappa shape index (κ2) is 7.84. The molecule has 0 bridgehead atoms. The molecule has 0 aliphatic heterocycles. The van der Waals surface area contributed by atoms with Crippen LogP contribution in [0.4, 0.5) is 10.5 Å². The van der Waals surface area contributed by atoms with Crippen molar-refractivity contribution in [3.63, 3.8) is 0 Å². The normalized spacial score (nSPS) is 10.1. The number of benzene rings is 2. The zero-order chi connectivity index (χ0) is 15.9. The van der Waals surface area contributed by atoms with Gasteiger partial charge in [0.1, 0.15) is 12.4 Å². The zero-order valence-electron chi connectivity index (χ0n) is 12.7. The van der Waals surface area contributed by atoms with E-state index in [4.69, 9.17) is 4.74 Å². The lowest BCUT2D eigenvalue weighted by atomic mass is 10.1. The van der Waals surface area contributed by atoms with Gasteiger partial charge in [-0.2, -0.15) is 0 Å². The monoisotopic (exact) mass is 362 g/mol. The van der Waals surface area contributed by atoms with Crippen LogP contribution in [0.5, 0.6) is 5.75 Å². The number of amides is 2. The molecule has 2 aromatic carbocycles. The number of nitrogens with one attached hydrogen (secondary N) is 2. The first-order chi connectivity index (χ1) is 10.6. The van der Waals surface area contributed by atoms with Gasteiger partial charge in [-0.25, -0.2) is 4.79 Å². The number of halogens is 1. The Hall–Kier alpha value is -2.01. The molecule has 2 rings (SSSR count). The Bertz CT molecular complexity index is 639. The lowest BCUT2D eigenvalue weighted by molar-refractivity contribution is 0.247. The van der Waals surface area contributed by atoms with E-state index in [1.165, 1.54) is 0 Å². The lowest BCUT2D eigenvalue weighted by Gasteiger charge is -2.13. The first-order valence-electron chi connectivity index (χ1n) is 7.06. The van der Waals surface area contributed by atoms with Crippen molar-refractivity contribution in [3.05, 3.63) is 58.1 Å². The molecule has 0 unspecified atom stereocenters. The van der Waals surface area contributed by atoms with Crippen molar-refractivity contribution < 1.29 is 9.53 Å². The van der Waals surface area contributed by atoms with Crippen molar-refractivity contribution in [1.82, 2.24) is 5.32 Å². The van der Waals surface area contributed by atoms with Crippen molar-refractivity contribution in [3.8, 4) is 5.75 Å². The molecule has 0 spiro atoms. The quantitative estimate of drug-likeness (QED) is 0.780. The van der Waals surface area contributed by atoms with Gasteiger partial charge in [0.25, 0.3) is 0 Å². The van der Waals surface area contributed by atoms with Gasteiger partial charge in [-0.1, -0.05) is 30.3 Å². The Morgan fingerprint density at radius 1 is 1.09 bits per heavy atom. The minimum absolute atomic E-state index is 0.229. The van der Waals surface area contributed by atoms with E-state index in [1.54, 1.807) is 0 Å². The standard InChI is InChI=1S/C17H19BrN2O2/c1-12-6-5-7-13(2)16(12)20-17(21)19-10-11-22-15-9-4-3-8-14(15)18/h3-9H,10-11H2,1-2H3,(H2,19,20,21). The van der Waals surface area contributed by atoms with Gasteiger partial charge in [-0.3, -0.25) is 0 Å². The summed E-state index contributed by atoms with van der Waals surface area (Å²) in [7, 11) is 0. The first-order valence-corrected chi connectivity index (χ1v) is 7.85. The summed E-state index contributed by atoms with van der Waals surface area (Å²) >= 11 is 3.41. The molecule has 4 nitrogen and oxygen atoms in total. The van der Waals surface area contributed by atoms with Gasteiger partial charge in [0.2, 0.25) is 0 Å². The second-order valence-electron chi connectivity index (χ2n) is 4.93. The summed E-state index contributed by atoms with van der Waals surface area (Å²) < 4.78 is 6.49. The number of ether oxygens (including phenoxy) is 1. The highest BCUT2D eigenvalue weighted by Crippen LogP contribution is 2.23. The molecule has 0 saturated carbocycles. The lowest BCUT2D eigenvalue weighted by Crippen LogP contribution is -2.32. The number of para-hydroxylation sites is 2. The summed E-state index contributed by atoms with van der Waals surface area (Å²) in [4.78, 5) is 11.9. The predicted molar refractivity (Wildman–Crippen MR) is 92.6 cm³/mol. The Balaban J connectivity index is 1.78. The molecule has 0 heterocycles. The van der Waals surface area contributed by atoms with E-state index in [1.807, 2.05) is 56.3 Å².